The van der Waals surface area contributed by atoms with Gasteiger partial charge in [-0.1, -0.05) is 0 Å². The van der Waals surface area contributed by atoms with Crippen molar-refractivity contribution in [1.29, 1.82) is 0 Å². The predicted molar refractivity (Wildman–Crippen MR) is 43.9 cm³/mol. The molecule has 0 aromatic carbocycles. The highest BCUT2D eigenvalue weighted by Crippen LogP contribution is 2.04. The van der Waals surface area contributed by atoms with Gasteiger partial charge in [0.15, 0.2) is 5.78 Å². The second kappa shape index (κ2) is 3.49. The summed E-state index contributed by atoms with van der Waals surface area (Å²) in [6.07, 6.45) is 0. The van der Waals surface area contributed by atoms with Gasteiger partial charge in [0.2, 0.25) is 0 Å². The van der Waals surface area contributed by atoms with Gasteiger partial charge in [0.1, 0.15) is 5.69 Å². The molecule has 1 heterocycles. The molecule has 0 saturated heterocycles. The molecule has 4 heteroatoms. The van der Waals surface area contributed by atoms with Crippen molar-refractivity contribution in [1.82, 2.24) is 9.78 Å². The Morgan fingerprint density at radius 1 is 1.75 bits per heavy atom. The van der Waals surface area contributed by atoms with Gasteiger partial charge in [0.05, 0.1) is 12.3 Å². The molecule has 1 aromatic rings. The molecule has 0 aliphatic rings. The van der Waals surface area contributed by atoms with E-state index in [0.717, 1.165) is 5.69 Å². The number of hydrogen-bond acceptors (Lipinski definition) is 3. The van der Waals surface area contributed by atoms with Crippen LogP contribution in [0.1, 0.15) is 23.1 Å². The first-order chi connectivity index (χ1) is 5.65. The topological polar surface area (TPSA) is 44.1 Å². The minimum Gasteiger partial charge on any atom is -0.378 e. The molecule has 0 bridgehead atoms. The van der Waals surface area contributed by atoms with Crippen molar-refractivity contribution >= 4 is 5.78 Å². The van der Waals surface area contributed by atoms with E-state index in [4.69, 9.17) is 4.74 Å². The molecule has 0 aliphatic carbocycles. The molecule has 4 nitrogen and oxygen atoms in total. The molecule has 0 amide bonds. The summed E-state index contributed by atoms with van der Waals surface area (Å²) in [5, 5.41) is 4.09. The number of hydrogen-bond donors (Lipinski definition) is 0. The highest BCUT2D eigenvalue weighted by atomic mass is 16.5. The fraction of sp³-hybridized carbons (Fsp3) is 0.500. The Bertz CT molecular complexity index is 291. The highest BCUT2D eigenvalue weighted by Gasteiger charge is 2.07. The molecule has 0 saturated carbocycles. The van der Waals surface area contributed by atoms with Crippen molar-refractivity contribution in [3.63, 3.8) is 0 Å². The number of aryl methyl sites for hydroxylation is 1. The van der Waals surface area contributed by atoms with Crippen LogP contribution in [-0.4, -0.2) is 22.7 Å². The van der Waals surface area contributed by atoms with E-state index in [2.05, 4.69) is 5.10 Å². The third-order valence-corrected chi connectivity index (χ3v) is 1.58. The van der Waals surface area contributed by atoms with Gasteiger partial charge in [0.25, 0.3) is 0 Å². The highest BCUT2D eigenvalue weighted by molar-refractivity contribution is 5.92. The van der Waals surface area contributed by atoms with Crippen LogP contribution in [-0.2, 0) is 18.4 Å². The number of carbonyl (C=O) groups excluding carboxylic acids is 1. The van der Waals surface area contributed by atoms with E-state index >= 15 is 0 Å². The number of methoxy groups -OCH3 is 1. The van der Waals surface area contributed by atoms with Gasteiger partial charge in [-0.2, -0.15) is 5.10 Å². The number of ketones is 1. The SMILES string of the molecule is COCc1cc(C(C)=O)n(C)n1. The Labute approximate surface area is 71.1 Å². The van der Waals surface area contributed by atoms with Crippen LogP contribution in [0.15, 0.2) is 6.07 Å². The summed E-state index contributed by atoms with van der Waals surface area (Å²) in [5.41, 5.74) is 1.40. The molecule has 1 rings (SSSR count). The molecular weight excluding hydrogens is 156 g/mol. The van der Waals surface area contributed by atoms with Gasteiger partial charge in [-0.15, -0.1) is 0 Å². The van der Waals surface area contributed by atoms with Crippen LogP contribution in [0.5, 0.6) is 0 Å². The molecule has 0 unspecified atom stereocenters. The minimum absolute atomic E-state index is 0.0207. The molecule has 0 N–H and O–H groups in total. The zero-order valence-corrected chi connectivity index (χ0v) is 7.50. The quantitative estimate of drug-likeness (QED) is 0.626. The second-order valence-electron chi connectivity index (χ2n) is 2.63. The first-order valence-corrected chi connectivity index (χ1v) is 3.68. The fourth-order valence-electron chi connectivity index (χ4n) is 1.07. The fourth-order valence-corrected chi connectivity index (χ4v) is 1.07. The van der Waals surface area contributed by atoms with E-state index in [9.17, 15) is 4.79 Å². The lowest BCUT2D eigenvalue weighted by atomic mass is 10.3. The summed E-state index contributed by atoms with van der Waals surface area (Å²) < 4.78 is 6.45. The monoisotopic (exact) mass is 168 g/mol. The van der Waals surface area contributed by atoms with Crippen molar-refractivity contribution in [3.8, 4) is 0 Å². The summed E-state index contributed by atoms with van der Waals surface area (Å²) in [7, 11) is 3.35. The number of aromatic nitrogens is 2. The number of rotatable bonds is 3. The average molecular weight is 168 g/mol. The minimum atomic E-state index is 0.0207. The van der Waals surface area contributed by atoms with Crippen LogP contribution >= 0.6 is 0 Å². The number of Topliss-reactive ketones (excluding diaryl/α,β-unsaturated/α-hetero) is 1. The second-order valence-corrected chi connectivity index (χ2v) is 2.63. The van der Waals surface area contributed by atoms with Crippen LogP contribution in [0.25, 0.3) is 0 Å². The van der Waals surface area contributed by atoms with E-state index in [1.54, 1.807) is 24.9 Å². The van der Waals surface area contributed by atoms with Crippen LogP contribution < -0.4 is 0 Å². The first kappa shape index (κ1) is 8.93. The Morgan fingerprint density at radius 3 is 2.83 bits per heavy atom. The smallest absolute Gasteiger partial charge is 0.177 e. The summed E-state index contributed by atoms with van der Waals surface area (Å²) in [5.74, 6) is 0.0207. The van der Waals surface area contributed by atoms with E-state index in [1.807, 2.05) is 0 Å². The lowest BCUT2D eigenvalue weighted by Gasteiger charge is -1.92. The van der Waals surface area contributed by atoms with E-state index in [-0.39, 0.29) is 5.78 Å². The van der Waals surface area contributed by atoms with Gasteiger partial charge in [0, 0.05) is 21.1 Å². The first-order valence-electron chi connectivity index (χ1n) is 3.68. The summed E-state index contributed by atoms with van der Waals surface area (Å²) in [6.45, 7) is 1.97. The molecule has 12 heavy (non-hydrogen) atoms. The molecule has 0 fully saturated rings. The van der Waals surface area contributed by atoms with Crippen LogP contribution in [0, 0.1) is 0 Å². The average Bonchev–Trinajstić information content (AvgIpc) is 2.32. The van der Waals surface area contributed by atoms with Gasteiger partial charge in [-0.3, -0.25) is 9.48 Å². The van der Waals surface area contributed by atoms with Gasteiger partial charge < -0.3 is 4.74 Å². The molecular formula is C8H12N2O2. The lowest BCUT2D eigenvalue weighted by molar-refractivity contribution is 0.100. The van der Waals surface area contributed by atoms with Crippen molar-refractivity contribution in [2.75, 3.05) is 7.11 Å². The number of ether oxygens (including phenoxy) is 1. The third kappa shape index (κ3) is 1.71. The predicted octanol–water partition coefficient (Wildman–Crippen LogP) is 0.769. The lowest BCUT2D eigenvalue weighted by Crippen LogP contribution is -2.02. The van der Waals surface area contributed by atoms with E-state index in [0.29, 0.717) is 12.3 Å². The van der Waals surface area contributed by atoms with Crippen molar-refractivity contribution < 1.29 is 9.53 Å². The van der Waals surface area contributed by atoms with Crippen molar-refractivity contribution in [3.05, 3.63) is 17.5 Å². The molecule has 0 spiro atoms. The van der Waals surface area contributed by atoms with Crippen LogP contribution in [0.3, 0.4) is 0 Å². The number of carbonyl (C=O) groups is 1. The molecule has 0 aliphatic heterocycles. The van der Waals surface area contributed by atoms with Gasteiger partial charge >= 0.3 is 0 Å². The number of nitrogens with zero attached hydrogens (tertiary/aromatic N) is 2. The maximum Gasteiger partial charge on any atom is 0.177 e. The Morgan fingerprint density at radius 2 is 2.42 bits per heavy atom. The van der Waals surface area contributed by atoms with Crippen LogP contribution in [0.2, 0.25) is 0 Å². The van der Waals surface area contributed by atoms with Crippen molar-refractivity contribution in [2.45, 2.75) is 13.5 Å². The Hall–Kier alpha value is -1.16. The molecule has 0 atom stereocenters. The van der Waals surface area contributed by atoms with Gasteiger partial charge in [-0.05, 0) is 6.07 Å². The largest absolute Gasteiger partial charge is 0.378 e. The summed E-state index contributed by atoms with van der Waals surface area (Å²) in [4.78, 5) is 11.0. The maximum absolute atomic E-state index is 11.0. The summed E-state index contributed by atoms with van der Waals surface area (Å²) in [6, 6.07) is 1.74. The normalized spacial score (nSPS) is 10.2. The zero-order valence-electron chi connectivity index (χ0n) is 7.50. The summed E-state index contributed by atoms with van der Waals surface area (Å²) >= 11 is 0. The zero-order chi connectivity index (χ0) is 9.14. The standard InChI is InChI=1S/C8H12N2O2/c1-6(11)8-4-7(5-12-3)9-10(8)2/h4H,5H2,1-3H3. The maximum atomic E-state index is 11.0. The van der Waals surface area contributed by atoms with E-state index < -0.39 is 0 Å². The van der Waals surface area contributed by atoms with Gasteiger partial charge in [-0.25, -0.2) is 0 Å². The third-order valence-electron chi connectivity index (χ3n) is 1.58. The molecule has 1 aromatic heterocycles. The van der Waals surface area contributed by atoms with Crippen molar-refractivity contribution in [2.24, 2.45) is 7.05 Å². The molecule has 0 radical (unpaired) electrons. The molecule has 66 valence electrons. The Balaban J connectivity index is 2.92. The van der Waals surface area contributed by atoms with Crippen LogP contribution in [0.4, 0.5) is 0 Å². The Kier molecular flexibility index (Phi) is 2.60. The van der Waals surface area contributed by atoms with E-state index in [1.165, 1.54) is 6.92 Å².